The maximum Gasteiger partial charge on any atom is 0.302 e. The predicted octanol–water partition coefficient (Wildman–Crippen LogP) is 0.855. The van der Waals surface area contributed by atoms with E-state index in [0.717, 1.165) is 0 Å². The van der Waals surface area contributed by atoms with E-state index in [9.17, 15) is 5.21 Å². The number of hydrogen-bond acceptors (Lipinski definition) is 5. The van der Waals surface area contributed by atoms with Crippen LogP contribution >= 0.6 is 0 Å². The fourth-order valence-electron chi connectivity index (χ4n) is 1.30. The quantitative estimate of drug-likeness (QED) is 0.696. The van der Waals surface area contributed by atoms with Crippen LogP contribution in [0.2, 0.25) is 0 Å². The highest BCUT2D eigenvalue weighted by atomic mass is 16.8. The maximum atomic E-state index is 11.0. The smallest absolute Gasteiger partial charge is 0.302 e. The standard InChI is InChI=1S/C10H7N3O3/c1-15-8-4-2-3-7(5-8)10-9(6-11)13(14)16-12-10/h2-5H,1H3. The van der Waals surface area contributed by atoms with Crippen LogP contribution in [0.25, 0.3) is 11.3 Å². The molecule has 80 valence electrons. The lowest BCUT2D eigenvalue weighted by molar-refractivity contribution is -0.804. The van der Waals surface area contributed by atoms with Crippen molar-refractivity contribution in [1.29, 1.82) is 5.26 Å². The molecule has 0 spiro atoms. The van der Waals surface area contributed by atoms with Gasteiger partial charge in [-0.3, -0.25) is 4.63 Å². The van der Waals surface area contributed by atoms with Gasteiger partial charge >= 0.3 is 5.69 Å². The van der Waals surface area contributed by atoms with E-state index >= 15 is 0 Å². The summed E-state index contributed by atoms with van der Waals surface area (Å²) in [7, 11) is 1.53. The number of benzene rings is 1. The zero-order valence-corrected chi connectivity index (χ0v) is 8.38. The number of rotatable bonds is 2. The molecule has 0 aliphatic carbocycles. The first-order chi connectivity index (χ1) is 7.76. The molecule has 0 bridgehead atoms. The van der Waals surface area contributed by atoms with Gasteiger partial charge in [-0.15, -0.1) is 0 Å². The van der Waals surface area contributed by atoms with Gasteiger partial charge in [0.1, 0.15) is 5.75 Å². The van der Waals surface area contributed by atoms with Crippen molar-refractivity contribution in [2.45, 2.75) is 0 Å². The van der Waals surface area contributed by atoms with Gasteiger partial charge in [-0.25, -0.2) is 0 Å². The molecule has 0 fully saturated rings. The van der Waals surface area contributed by atoms with Gasteiger partial charge in [-0.1, -0.05) is 6.07 Å². The number of ether oxygens (including phenoxy) is 1. The Morgan fingerprint density at radius 3 is 3.06 bits per heavy atom. The third-order valence-corrected chi connectivity index (χ3v) is 2.06. The van der Waals surface area contributed by atoms with Crippen LogP contribution in [-0.4, -0.2) is 12.3 Å². The van der Waals surface area contributed by atoms with E-state index in [1.165, 1.54) is 7.11 Å². The summed E-state index contributed by atoms with van der Waals surface area (Å²) in [5.74, 6) is 0.613. The van der Waals surface area contributed by atoms with E-state index in [-0.39, 0.29) is 16.3 Å². The van der Waals surface area contributed by atoms with Gasteiger partial charge in [-0.2, -0.15) is 5.26 Å². The van der Waals surface area contributed by atoms with E-state index in [0.29, 0.717) is 11.3 Å². The molecule has 16 heavy (non-hydrogen) atoms. The fraction of sp³-hybridized carbons (Fsp3) is 0.100. The summed E-state index contributed by atoms with van der Waals surface area (Å²) < 4.78 is 9.39. The van der Waals surface area contributed by atoms with Crippen molar-refractivity contribution >= 4 is 0 Å². The van der Waals surface area contributed by atoms with Crippen molar-refractivity contribution in [3.05, 3.63) is 35.2 Å². The minimum atomic E-state index is -0.173. The topological polar surface area (TPSA) is 86.0 Å². The first-order valence-electron chi connectivity index (χ1n) is 4.40. The van der Waals surface area contributed by atoms with Crippen LogP contribution in [0.5, 0.6) is 5.75 Å². The van der Waals surface area contributed by atoms with Crippen LogP contribution < -0.4 is 9.64 Å². The lowest BCUT2D eigenvalue weighted by Crippen LogP contribution is -2.26. The summed E-state index contributed by atoms with van der Waals surface area (Å²) >= 11 is 0. The summed E-state index contributed by atoms with van der Waals surface area (Å²) in [4.78, 5) is 0.0782. The Hall–Kier alpha value is -2.55. The van der Waals surface area contributed by atoms with Gasteiger partial charge < -0.3 is 9.94 Å². The van der Waals surface area contributed by atoms with Crippen LogP contribution in [0, 0.1) is 16.5 Å². The molecule has 2 aromatic rings. The van der Waals surface area contributed by atoms with Crippen LogP contribution in [-0.2, 0) is 0 Å². The minimum Gasteiger partial charge on any atom is -0.497 e. The molecule has 0 saturated carbocycles. The van der Waals surface area contributed by atoms with Crippen molar-refractivity contribution in [3.63, 3.8) is 0 Å². The summed E-state index contributed by atoms with van der Waals surface area (Å²) in [5.41, 5.74) is 0.624. The zero-order valence-electron chi connectivity index (χ0n) is 8.38. The van der Waals surface area contributed by atoms with Crippen LogP contribution in [0.4, 0.5) is 0 Å². The van der Waals surface area contributed by atoms with Gasteiger partial charge in [0.05, 0.1) is 7.11 Å². The van der Waals surface area contributed by atoms with Gasteiger partial charge in [0.15, 0.2) is 6.07 Å². The van der Waals surface area contributed by atoms with Crippen molar-refractivity contribution < 1.29 is 14.3 Å². The SMILES string of the molecule is COc1cccc(-c2no[n+]([O-])c2C#N)c1. The second kappa shape index (κ2) is 3.90. The number of aromatic nitrogens is 2. The molecule has 6 heteroatoms. The third-order valence-electron chi connectivity index (χ3n) is 2.06. The molecule has 1 aromatic heterocycles. The van der Waals surface area contributed by atoms with Crippen LogP contribution in [0.15, 0.2) is 28.9 Å². The second-order valence-corrected chi connectivity index (χ2v) is 2.97. The highest BCUT2D eigenvalue weighted by molar-refractivity contribution is 5.64. The third kappa shape index (κ3) is 1.54. The van der Waals surface area contributed by atoms with Gasteiger partial charge in [0.2, 0.25) is 0 Å². The maximum absolute atomic E-state index is 11.0. The largest absolute Gasteiger partial charge is 0.497 e. The molecule has 0 amide bonds. The lowest BCUT2D eigenvalue weighted by Gasteiger charge is -1.99. The average Bonchev–Trinajstić information content (AvgIpc) is 2.70. The molecule has 1 heterocycles. The molecule has 0 aliphatic heterocycles. The summed E-state index contributed by atoms with van der Waals surface area (Å²) in [6.45, 7) is 0. The molecule has 0 N–H and O–H groups in total. The predicted molar refractivity (Wildman–Crippen MR) is 52.2 cm³/mol. The Kier molecular flexibility index (Phi) is 2.44. The molecule has 0 unspecified atom stereocenters. The Morgan fingerprint density at radius 2 is 2.38 bits per heavy atom. The second-order valence-electron chi connectivity index (χ2n) is 2.97. The van der Waals surface area contributed by atoms with Crippen LogP contribution in [0.1, 0.15) is 5.69 Å². The average molecular weight is 217 g/mol. The Morgan fingerprint density at radius 1 is 1.56 bits per heavy atom. The van der Waals surface area contributed by atoms with Crippen LogP contribution in [0.3, 0.4) is 0 Å². The summed E-state index contributed by atoms with van der Waals surface area (Å²) in [6, 6.07) is 8.59. The Bertz CT molecular complexity index is 557. The number of nitrogens with zero attached hydrogens (tertiary/aromatic N) is 3. The zero-order chi connectivity index (χ0) is 11.5. The monoisotopic (exact) mass is 217 g/mol. The molecule has 0 atom stereocenters. The molecular formula is C10H7N3O3. The minimum absolute atomic E-state index is 0.0782. The first kappa shape index (κ1) is 9.98. The van der Waals surface area contributed by atoms with E-state index in [4.69, 9.17) is 10.00 Å². The number of hydrogen-bond donors (Lipinski definition) is 0. The molecule has 6 nitrogen and oxygen atoms in total. The molecule has 1 aromatic carbocycles. The summed E-state index contributed by atoms with van der Waals surface area (Å²) in [5, 5.41) is 23.3. The van der Waals surface area contributed by atoms with Gasteiger partial charge in [-0.05, 0) is 23.1 Å². The highest BCUT2D eigenvalue weighted by Crippen LogP contribution is 2.23. The highest BCUT2D eigenvalue weighted by Gasteiger charge is 2.20. The Labute approximate surface area is 90.8 Å². The molecule has 0 radical (unpaired) electrons. The number of nitriles is 1. The van der Waals surface area contributed by atoms with Gasteiger partial charge in [0, 0.05) is 10.7 Å². The molecule has 0 aliphatic rings. The van der Waals surface area contributed by atoms with E-state index in [1.807, 2.05) is 0 Å². The van der Waals surface area contributed by atoms with E-state index < -0.39 is 0 Å². The summed E-state index contributed by atoms with van der Waals surface area (Å²) in [6.07, 6.45) is 0. The van der Waals surface area contributed by atoms with Crippen molar-refractivity contribution in [2.24, 2.45) is 0 Å². The first-order valence-corrected chi connectivity index (χ1v) is 4.40. The lowest BCUT2D eigenvalue weighted by atomic mass is 10.1. The Balaban J connectivity index is 2.55. The normalized spacial score (nSPS) is 9.75. The van der Waals surface area contributed by atoms with E-state index in [2.05, 4.69) is 9.79 Å². The number of methoxy groups -OCH3 is 1. The molecule has 2 rings (SSSR count). The fourth-order valence-corrected chi connectivity index (χ4v) is 1.30. The van der Waals surface area contributed by atoms with Crippen molar-refractivity contribution in [1.82, 2.24) is 5.16 Å². The van der Waals surface area contributed by atoms with E-state index in [1.54, 1.807) is 30.3 Å². The molecule has 0 saturated heterocycles. The van der Waals surface area contributed by atoms with Crippen molar-refractivity contribution in [3.8, 4) is 23.1 Å². The van der Waals surface area contributed by atoms with Gasteiger partial charge in [0.25, 0.3) is 5.69 Å². The molecular weight excluding hydrogens is 210 g/mol. The van der Waals surface area contributed by atoms with Crippen molar-refractivity contribution in [2.75, 3.05) is 7.11 Å².